The van der Waals surface area contributed by atoms with Crippen LogP contribution in [0.4, 0.5) is 4.39 Å². The Morgan fingerprint density at radius 2 is 2.08 bits per heavy atom. The number of nitrogens with zero attached hydrogens (tertiary/aromatic N) is 3. The van der Waals surface area contributed by atoms with Gasteiger partial charge in [-0.05, 0) is 37.0 Å². The van der Waals surface area contributed by atoms with Gasteiger partial charge in [-0.3, -0.25) is 9.59 Å². The summed E-state index contributed by atoms with van der Waals surface area (Å²) in [5, 5.41) is 12.9. The van der Waals surface area contributed by atoms with E-state index in [2.05, 4.69) is 20.7 Å². The topological polar surface area (TPSA) is 91.0 Å². The summed E-state index contributed by atoms with van der Waals surface area (Å²) in [6, 6.07) is 6.03. The molecule has 0 radical (unpaired) electrons. The van der Waals surface area contributed by atoms with E-state index in [0.717, 1.165) is 18.4 Å². The molecule has 2 aliphatic rings. The van der Waals surface area contributed by atoms with Crippen molar-refractivity contribution in [2.45, 2.75) is 37.9 Å². The molecule has 4 rings (SSSR count). The van der Waals surface area contributed by atoms with E-state index in [1.807, 2.05) is 0 Å². The first-order chi connectivity index (χ1) is 12.1. The summed E-state index contributed by atoms with van der Waals surface area (Å²) < 4.78 is 12.9. The number of nitrogens with one attached hydrogen (secondary N) is 2. The van der Waals surface area contributed by atoms with Crippen LogP contribution in [0, 0.1) is 11.7 Å². The summed E-state index contributed by atoms with van der Waals surface area (Å²) in [5.41, 5.74) is 1.12. The monoisotopic (exact) mass is 343 g/mol. The van der Waals surface area contributed by atoms with Crippen LogP contribution >= 0.6 is 0 Å². The molecule has 2 aromatic rings. The fourth-order valence-electron chi connectivity index (χ4n) is 3.95. The van der Waals surface area contributed by atoms with Gasteiger partial charge >= 0.3 is 0 Å². The molecule has 1 aromatic heterocycles. The molecule has 2 saturated heterocycles. The third kappa shape index (κ3) is 2.88. The zero-order valence-corrected chi connectivity index (χ0v) is 13.5. The molecule has 7 nitrogen and oxygen atoms in total. The fourth-order valence-corrected chi connectivity index (χ4v) is 3.95. The minimum atomic E-state index is -0.301. The maximum absolute atomic E-state index is 12.9. The molecular weight excluding hydrogens is 325 g/mol. The van der Waals surface area contributed by atoms with Gasteiger partial charge in [0.25, 0.3) is 5.91 Å². The van der Waals surface area contributed by atoms with Crippen LogP contribution < -0.4 is 5.32 Å². The van der Waals surface area contributed by atoms with Crippen molar-refractivity contribution in [3.05, 3.63) is 47.5 Å². The minimum absolute atomic E-state index is 0.0607. The summed E-state index contributed by atoms with van der Waals surface area (Å²) in [6.45, 7) is 0.351. The van der Waals surface area contributed by atoms with Crippen LogP contribution in [0.3, 0.4) is 0 Å². The van der Waals surface area contributed by atoms with E-state index in [4.69, 9.17) is 0 Å². The standard InChI is InChI=1S/C17H18FN5O2/c18-11-3-1-10(2-4-11)8-19-16(24)13-7-12-5-6-15(13)23(12)17(25)14-9-20-22-21-14/h1-4,9,12-13,15H,5-8H2,(H,19,24)(H,20,21,22)/t12-,13+,15-/m1/s1. The second-order valence-electron chi connectivity index (χ2n) is 6.55. The van der Waals surface area contributed by atoms with E-state index in [0.29, 0.717) is 13.0 Å². The van der Waals surface area contributed by atoms with Gasteiger partial charge in [-0.25, -0.2) is 4.39 Å². The number of H-pyrrole nitrogens is 1. The molecule has 2 bridgehead atoms. The van der Waals surface area contributed by atoms with E-state index in [-0.39, 0.29) is 41.3 Å². The van der Waals surface area contributed by atoms with Gasteiger partial charge in [-0.15, -0.1) is 0 Å². The number of amides is 2. The molecule has 25 heavy (non-hydrogen) atoms. The summed E-state index contributed by atoms with van der Waals surface area (Å²) in [7, 11) is 0. The Bertz CT molecular complexity index is 777. The van der Waals surface area contributed by atoms with Crippen molar-refractivity contribution in [1.82, 2.24) is 25.6 Å². The first-order valence-corrected chi connectivity index (χ1v) is 8.34. The highest BCUT2D eigenvalue weighted by Gasteiger charge is 2.51. The number of benzene rings is 1. The van der Waals surface area contributed by atoms with E-state index in [1.54, 1.807) is 17.0 Å². The fraction of sp³-hybridized carbons (Fsp3) is 0.412. The summed E-state index contributed by atoms with van der Waals surface area (Å²) in [4.78, 5) is 26.9. The number of rotatable bonds is 4. The van der Waals surface area contributed by atoms with Gasteiger partial charge in [0.05, 0.1) is 12.1 Å². The van der Waals surface area contributed by atoms with Crippen molar-refractivity contribution in [3.8, 4) is 0 Å². The predicted molar refractivity (Wildman–Crippen MR) is 85.7 cm³/mol. The first kappa shape index (κ1) is 15.7. The van der Waals surface area contributed by atoms with Gasteiger partial charge in [0.15, 0.2) is 5.69 Å². The number of halogens is 1. The van der Waals surface area contributed by atoms with Gasteiger partial charge in [0.2, 0.25) is 5.91 Å². The summed E-state index contributed by atoms with van der Waals surface area (Å²) >= 11 is 0. The zero-order valence-electron chi connectivity index (χ0n) is 13.5. The lowest BCUT2D eigenvalue weighted by Crippen LogP contribution is -2.41. The third-order valence-electron chi connectivity index (χ3n) is 5.12. The highest BCUT2D eigenvalue weighted by Crippen LogP contribution is 2.42. The quantitative estimate of drug-likeness (QED) is 0.874. The molecular formula is C17H18FN5O2. The van der Waals surface area contributed by atoms with Crippen molar-refractivity contribution in [2.24, 2.45) is 5.92 Å². The molecule has 2 fully saturated rings. The Morgan fingerprint density at radius 3 is 2.80 bits per heavy atom. The van der Waals surface area contributed by atoms with Gasteiger partial charge in [-0.1, -0.05) is 12.1 Å². The van der Waals surface area contributed by atoms with Gasteiger partial charge in [0, 0.05) is 18.6 Å². The van der Waals surface area contributed by atoms with Gasteiger partial charge < -0.3 is 10.2 Å². The SMILES string of the molecule is O=C(NCc1ccc(F)cc1)[C@H]1C[C@H]2CC[C@H]1N2C(=O)c1cn[nH]n1. The average Bonchev–Trinajstić information content (AvgIpc) is 3.36. The van der Waals surface area contributed by atoms with Crippen LogP contribution in [0.15, 0.2) is 30.5 Å². The molecule has 2 aliphatic heterocycles. The average molecular weight is 343 g/mol. The smallest absolute Gasteiger partial charge is 0.276 e. The molecule has 3 atom stereocenters. The maximum Gasteiger partial charge on any atom is 0.276 e. The Balaban J connectivity index is 1.41. The molecule has 0 spiro atoms. The number of aromatic nitrogens is 3. The molecule has 1 aromatic carbocycles. The molecule has 0 saturated carbocycles. The molecule has 0 aliphatic carbocycles. The number of hydrogen-bond donors (Lipinski definition) is 2. The second-order valence-corrected chi connectivity index (χ2v) is 6.55. The first-order valence-electron chi connectivity index (χ1n) is 8.34. The number of hydrogen-bond acceptors (Lipinski definition) is 4. The van der Waals surface area contributed by atoms with E-state index < -0.39 is 0 Å². The van der Waals surface area contributed by atoms with Crippen LogP contribution in [0.2, 0.25) is 0 Å². The maximum atomic E-state index is 12.9. The number of carbonyl (C=O) groups excluding carboxylic acids is 2. The Hall–Kier alpha value is -2.77. The normalized spacial score (nSPS) is 24.5. The van der Waals surface area contributed by atoms with Gasteiger partial charge in [0.1, 0.15) is 5.82 Å². The van der Waals surface area contributed by atoms with Gasteiger partial charge in [-0.2, -0.15) is 15.4 Å². The molecule has 8 heteroatoms. The Morgan fingerprint density at radius 1 is 1.28 bits per heavy atom. The second kappa shape index (κ2) is 6.27. The van der Waals surface area contributed by atoms with Crippen molar-refractivity contribution in [3.63, 3.8) is 0 Å². The van der Waals surface area contributed by atoms with Crippen LogP contribution in [-0.4, -0.2) is 44.2 Å². The van der Waals surface area contributed by atoms with E-state index in [9.17, 15) is 14.0 Å². The zero-order chi connectivity index (χ0) is 17.4. The molecule has 130 valence electrons. The van der Waals surface area contributed by atoms with Crippen molar-refractivity contribution < 1.29 is 14.0 Å². The van der Waals surface area contributed by atoms with Crippen LogP contribution in [0.1, 0.15) is 35.3 Å². The summed E-state index contributed by atoms with van der Waals surface area (Å²) in [5.74, 6) is -0.746. The van der Waals surface area contributed by atoms with E-state index >= 15 is 0 Å². The predicted octanol–water partition coefficient (Wildman–Crippen LogP) is 1.25. The number of aromatic amines is 1. The van der Waals surface area contributed by atoms with Crippen molar-refractivity contribution in [2.75, 3.05) is 0 Å². The van der Waals surface area contributed by atoms with Crippen LogP contribution in [0.25, 0.3) is 0 Å². The molecule has 0 unspecified atom stereocenters. The molecule has 2 amide bonds. The van der Waals surface area contributed by atoms with Crippen molar-refractivity contribution >= 4 is 11.8 Å². The van der Waals surface area contributed by atoms with Crippen LogP contribution in [-0.2, 0) is 11.3 Å². The lowest BCUT2D eigenvalue weighted by Gasteiger charge is -2.23. The highest BCUT2D eigenvalue weighted by atomic mass is 19.1. The minimum Gasteiger partial charge on any atom is -0.352 e. The lowest BCUT2D eigenvalue weighted by molar-refractivity contribution is -0.125. The number of carbonyl (C=O) groups is 2. The Kier molecular flexibility index (Phi) is 3.95. The number of fused-ring (bicyclic) bond motifs is 2. The van der Waals surface area contributed by atoms with Crippen molar-refractivity contribution in [1.29, 1.82) is 0 Å². The van der Waals surface area contributed by atoms with Crippen LogP contribution in [0.5, 0.6) is 0 Å². The highest BCUT2D eigenvalue weighted by molar-refractivity contribution is 5.94. The molecule has 3 heterocycles. The third-order valence-corrected chi connectivity index (χ3v) is 5.12. The Labute approximate surface area is 143 Å². The summed E-state index contributed by atoms with van der Waals surface area (Å²) in [6.07, 6.45) is 3.81. The lowest BCUT2D eigenvalue weighted by atomic mass is 9.88. The van der Waals surface area contributed by atoms with E-state index in [1.165, 1.54) is 18.3 Å². The largest absolute Gasteiger partial charge is 0.352 e. The molecule has 2 N–H and O–H groups in total.